The lowest BCUT2D eigenvalue weighted by Crippen LogP contribution is -2.04. The van der Waals surface area contributed by atoms with Gasteiger partial charge in [-0.05, 0) is 0 Å². The molecule has 2 aromatic rings. The van der Waals surface area contributed by atoms with E-state index in [-0.39, 0.29) is 16.6 Å². The fourth-order valence-electron chi connectivity index (χ4n) is 1.28. The molecule has 0 unspecified atom stereocenters. The van der Waals surface area contributed by atoms with Crippen LogP contribution in [0.5, 0.6) is 0 Å². The number of benzene rings is 1. The number of rotatable bonds is 2. The molecule has 0 saturated carbocycles. The molecule has 0 radical (unpaired) electrons. The third kappa shape index (κ3) is 2.34. The van der Waals surface area contributed by atoms with E-state index in [4.69, 9.17) is 11.6 Å². The zero-order valence-corrected chi connectivity index (χ0v) is 10.1. The number of thiazole rings is 1. The van der Waals surface area contributed by atoms with Crippen molar-refractivity contribution in [3.63, 3.8) is 0 Å². The predicted molar refractivity (Wildman–Crippen MR) is 65.6 cm³/mol. The summed E-state index contributed by atoms with van der Waals surface area (Å²) in [6, 6.07) is 2.62. The second-order valence-corrected chi connectivity index (χ2v) is 4.67. The molecule has 0 saturated heterocycles. The summed E-state index contributed by atoms with van der Waals surface area (Å²) in [4.78, 5) is 25.1. The number of nitrogens with one attached hydrogen (secondary N) is 1. The quantitative estimate of drug-likeness (QED) is 0.672. The Hall–Kier alpha value is -1.73. The van der Waals surface area contributed by atoms with Crippen molar-refractivity contribution in [1.82, 2.24) is 4.98 Å². The van der Waals surface area contributed by atoms with Crippen LogP contribution >= 0.6 is 22.9 Å². The minimum Gasteiger partial charge on any atom is -0.302 e. The molecular formula is C9H6ClN3O3S. The molecule has 0 aliphatic rings. The summed E-state index contributed by atoms with van der Waals surface area (Å²) in [6.45, 7) is 1.36. The van der Waals surface area contributed by atoms with E-state index in [0.29, 0.717) is 15.3 Å². The molecule has 0 bridgehead atoms. The van der Waals surface area contributed by atoms with Crippen LogP contribution in [0.3, 0.4) is 0 Å². The monoisotopic (exact) mass is 271 g/mol. The SMILES string of the molecule is CC(=O)Nc1nc2c(Cl)cc([N+](=O)[O-])cc2s1. The van der Waals surface area contributed by atoms with Gasteiger partial charge in [0, 0.05) is 19.1 Å². The topological polar surface area (TPSA) is 85.1 Å². The number of nitro benzene ring substituents is 1. The number of hydrogen-bond donors (Lipinski definition) is 1. The minimum atomic E-state index is -0.525. The molecule has 1 N–H and O–H groups in total. The summed E-state index contributed by atoms with van der Waals surface area (Å²) in [5.74, 6) is -0.255. The summed E-state index contributed by atoms with van der Waals surface area (Å²) in [6.07, 6.45) is 0. The third-order valence-electron chi connectivity index (χ3n) is 1.93. The zero-order chi connectivity index (χ0) is 12.6. The molecule has 17 heavy (non-hydrogen) atoms. The maximum atomic E-state index is 10.9. The van der Waals surface area contributed by atoms with Crippen molar-refractivity contribution in [2.24, 2.45) is 0 Å². The molecule has 8 heteroatoms. The molecule has 0 atom stereocenters. The van der Waals surface area contributed by atoms with Crippen molar-refractivity contribution < 1.29 is 9.72 Å². The van der Waals surface area contributed by atoms with Gasteiger partial charge in [-0.25, -0.2) is 4.98 Å². The van der Waals surface area contributed by atoms with Gasteiger partial charge in [-0.1, -0.05) is 22.9 Å². The van der Waals surface area contributed by atoms with Gasteiger partial charge in [-0.15, -0.1) is 0 Å². The molecule has 6 nitrogen and oxygen atoms in total. The summed E-state index contributed by atoms with van der Waals surface area (Å²) < 4.78 is 0.563. The molecule has 1 amide bonds. The first-order chi connectivity index (χ1) is 7.97. The number of carbonyl (C=O) groups is 1. The van der Waals surface area contributed by atoms with Crippen LogP contribution in [0, 0.1) is 10.1 Å². The Kier molecular flexibility index (Phi) is 2.95. The molecule has 1 aromatic carbocycles. The molecule has 88 valence electrons. The van der Waals surface area contributed by atoms with Crippen molar-refractivity contribution in [2.75, 3.05) is 5.32 Å². The number of anilines is 1. The number of halogens is 1. The van der Waals surface area contributed by atoms with Crippen molar-refractivity contribution in [3.8, 4) is 0 Å². The predicted octanol–water partition coefficient (Wildman–Crippen LogP) is 2.82. The lowest BCUT2D eigenvalue weighted by molar-refractivity contribution is -0.384. The van der Waals surface area contributed by atoms with Crippen LogP contribution in [0.4, 0.5) is 10.8 Å². The summed E-state index contributed by atoms with van der Waals surface area (Å²) >= 11 is 7.02. The van der Waals surface area contributed by atoms with Gasteiger partial charge in [0.15, 0.2) is 5.13 Å². The van der Waals surface area contributed by atoms with Crippen LogP contribution in [-0.4, -0.2) is 15.8 Å². The summed E-state index contributed by atoms with van der Waals surface area (Å²) in [5, 5.41) is 13.7. The average Bonchev–Trinajstić information content (AvgIpc) is 2.59. The highest BCUT2D eigenvalue weighted by Crippen LogP contribution is 2.34. The van der Waals surface area contributed by atoms with Crippen LogP contribution in [0.25, 0.3) is 10.2 Å². The van der Waals surface area contributed by atoms with Crippen molar-refractivity contribution >= 4 is 49.9 Å². The summed E-state index contributed by atoms with van der Waals surface area (Å²) in [5.41, 5.74) is 0.353. The van der Waals surface area contributed by atoms with Crippen LogP contribution in [-0.2, 0) is 4.79 Å². The summed E-state index contributed by atoms with van der Waals surface area (Å²) in [7, 11) is 0. The number of non-ortho nitro benzene ring substituents is 1. The fraction of sp³-hybridized carbons (Fsp3) is 0.111. The van der Waals surface area contributed by atoms with E-state index in [9.17, 15) is 14.9 Å². The number of amides is 1. The van der Waals surface area contributed by atoms with E-state index in [1.54, 1.807) is 0 Å². The number of fused-ring (bicyclic) bond motifs is 1. The van der Waals surface area contributed by atoms with Gasteiger partial charge in [0.1, 0.15) is 5.52 Å². The second kappa shape index (κ2) is 4.27. The van der Waals surface area contributed by atoms with Crippen molar-refractivity contribution in [3.05, 3.63) is 27.3 Å². The van der Waals surface area contributed by atoms with Crippen molar-refractivity contribution in [2.45, 2.75) is 6.92 Å². The largest absolute Gasteiger partial charge is 0.302 e. The molecule has 1 aromatic heterocycles. The van der Waals surface area contributed by atoms with Crippen LogP contribution in [0.15, 0.2) is 12.1 Å². The molecular weight excluding hydrogens is 266 g/mol. The van der Waals surface area contributed by atoms with E-state index in [0.717, 1.165) is 11.3 Å². The Morgan fingerprint density at radius 1 is 1.59 bits per heavy atom. The fourth-order valence-corrected chi connectivity index (χ4v) is 2.57. The Morgan fingerprint density at radius 3 is 2.88 bits per heavy atom. The number of nitrogens with zero attached hydrogens (tertiary/aromatic N) is 2. The van der Waals surface area contributed by atoms with Gasteiger partial charge in [-0.2, -0.15) is 0 Å². The number of nitro groups is 1. The highest BCUT2D eigenvalue weighted by atomic mass is 35.5. The van der Waals surface area contributed by atoms with E-state index in [1.807, 2.05) is 0 Å². The van der Waals surface area contributed by atoms with Gasteiger partial charge >= 0.3 is 0 Å². The normalized spacial score (nSPS) is 10.5. The molecule has 0 spiro atoms. The van der Waals surface area contributed by atoms with Gasteiger partial charge in [0.25, 0.3) is 5.69 Å². The molecule has 2 rings (SSSR count). The van der Waals surface area contributed by atoms with E-state index in [2.05, 4.69) is 10.3 Å². The molecule has 1 heterocycles. The highest BCUT2D eigenvalue weighted by molar-refractivity contribution is 7.22. The maximum Gasteiger partial charge on any atom is 0.272 e. The molecule has 0 fully saturated rings. The first kappa shape index (κ1) is 11.7. The molecule has 0 aliphatic carbocycles. The Labute approximate surface area is 104 Å². The highest BCUT2D eigenvalue weighted by Gasteiger charge is 2.14. The third-order valence-corrected chi connectivity index (χ3v) is 3.13. The van der Waals surface area contributed by atoms with Crippen LogP contribution in [0.2, 0.25) is 5.02 Å². The number of carbonyl (C=O) groups excluding carboxylic acids is 1. The second-order valence-electron chi connectivity index (χ2n) is 3.23. The minimum absolute atomic E-state index is 0.0967. The van der Waals surface area contributed by atoms with Gasteiger partial charge in [0.05, 0.1) is 14.6 Å². The first-order valence-electron chi connectivity index (χ1n) is 4.49. The number of hydrogen-bond acceptors (Lipinski definition) is 5. The number of aromatic nitrogens is 1. The van der Waals surface area contributed by atoms with E-state index >= 15 is 0 Å². The lowest BCUT2D eigenvalue weighted by atomic mass is 10.3. The van der Waals surface area contributed by atoms with Gasteiger partial charge in [-0.3, -0.25) is 14.9 Å². The van der Waals surface area contributed by atoms with E-state index < -0.39 is 4.92 Å². The maximum absolute atomic E-state index is 10.9. The first-order valence-corrected chi connectivity index (χ1v) is 5.69. The van der Waals surface area contributed by atoms with Gasteiger partial charge < -0.3 is 5.32 Å². The zero-order valence-electron chi connectivity index (χ0n) is 8.56. The van der Waals surface area contributed by atoms with Crippen LogP contribution in [0.1, 0.15) is 6.92 Å². The Morgan fingerprint density at radius 2 is 2.29 bits per heavy atom. The van der Waals surface area contributed by atoms with Crippen molar-refractivity contribution in [1.29, 1.82) is 0 Å². The Bertz CT molecular complexity index is 625. The lowest BCUT2D eigenvalue weighted by Gasteiger charge is -1.93. The Balaban J connectivity index is 2.56. The van der Waals surface area contributed by atoms with Gasteiger partial charge in [0.2, 0.25) is 5.91 Å². The van der Waals surface area contributed by atoms with Crippen LogP contribution < -0.4 is 5.32 Å². The molecule has 0 aliphatic heterocycles. The standard InChI is InChI=1S/C9H6ClN3O3S/c1-4(14)11-9-12-8-6(10)2-5(13(15)16)3-7(8)17-9/h2-3H,1H3,(H,11,12,14). The smallest absolute Gasteiger partial charge is 0.272 e. The average molecular weight is 272 g/mol. The van der Waals surface area contributed by atoms with E-state index in [1.165, 1.54) is 19.1 Å².